The van der Waals surface area contributed by atoms with Crippen LogP contribution < -0.4 is 5.32 Å². The molecule has 1 aliphatic heterocycles. The molecule has 0 radical (unpaired) electrons. The largest absolute Gasteiger partial charge is 0.385 e. The van der Waals surface area contributed by atoms with Gasteiger partial charge in [0.25, 0.3) is 0 Å². The van der Waals surface area contributed by atoms with E-state index >= 15 is 0 Å². The summed E-state index contributed by atoms with van der Waals surface area (Å²) in [5.41, 5.74) is 2.08. The quantitative estimate of drug-likeness (QED) is 0.696. The normalized spacial score (nSPS) is 21.6. The van der Waals surface area contributed by atoms with Crippen LogP contribution in [0, 0.1) is 0 Å². The number of anilines is 1. The first-order valence-electron chi connectivity index (χ1n) is 4.84. The molecular weight excluding hydrogens is 178 g/mol. The molecule has 0 bridgehead atoms. The lowest BCUT2D eigenvalue weighted by atomic mass is 10.0. The molecule has 0 unspecified atom stereocenters. The van der Waals surface area contributed by atoms with Crippen LogP contribution in [0.3, 0.4) is 0 Å². The smallest absolute Gasteiger partial charge is 0.228 e. The van der Waals surface area contributed by atoms with Crippen molar-refractivity contribution >= 4 is 11.6 Å². The van der Waals surface area contributed by atoms with Gasteiger partial charge >= 0.3 is 0 Å². The maximum atomic E-state index is 11.2. The molecule has 2 N–H and O–H groups in total. The Morgan fingerprint density at radius 2 is 2.14 bits per heavy atom. The Labute approximate surface area is 81.8 Å². The Kier molecular flexibility index (Phi) is 1.35. The highest BCUT2D eigenvalue weighted by Gasteiger charge is 2.44. The number of amides is 1. The molecule has 14 heavy (non-hydrogen) atoms. The average Bonchev–Trinajstić information content (AvgIpc) is 2.78. The second-order valence-electron chi connectivity index (χ2n) is 4.10. The summed E-state index contributed by atoms with van der Waals surface area (Å²) in [5, 5.41) is 12.8. The fourth-order valence-electron chi connectivity index (χ4n) is 2.03. The molecule has 3 nitrogen and oxygen atoms in total. The Morgan fingerprint density at radius 3 is 2.86 bits per heavy atom. The van der Waals surface area contributed by atoms with E-state index in [-0.39, 0.29) is 5.91 Å². The van der Waals surface area contributed by atoms with Gasteiger partial charge in [0.15, 0.2) is 0 Å². The Balaban J connectivity index is 2.15. The lowest BCUT2D eigenvalue weighted by Crippen LogP contribution is -2.10. The minimum Gasteiger partial charge on any atom is -0.385 e. The first kappa shape index (κ1) is 8.00. The Morgan fingerprint density at radius 1 is 1.36 bits per heavy atom. The van der Waals surface area contributed by atoms with Gasteiger partial charge in [-0.15, -0.1) is 0 Å². The number of benzene rings is 1. The van der Waals surface area contributed by atoms with Crippen molar-refractivity contribution in [3.05, 3.63) is 29.3 Å². The first-order chi connectivity index (χ1) is 6.69. The van der Waals surface area contributed by atoms with Gasteiger partial charge in [-0.2, -0.15) is 0 Å². The van der Waals surface area contributed by atoms with Crippen LogP contribution >= 0.6 is 0 Å². The van der Waals surface area contributed by atoms with Crippen LogP contribution in [-0.4, -0.2) is 11.0 Å². The van der Waals surface area contributed by atoms with Gasteiger partial charge in [-0.05, 0) is 18.4 Å². The molecular formula is C11H11NO2. The van der Waals surface area contributed by atoms with Crippen molar-refractivity contribution in [2.24, 2.45) is 0 Å². The van der Waals surface area contributed by atoms with Crippen molar-refractivity contribution in [3.63, 3.8) is 0 Å². The van der Waals surface area contributed by atoms with E-state index in [0.29, 0.717) is 6.42 Å². The molecule has 1 amide bonds. The predicted octanol–water partition coefficient (Wildman–Crippen LogP) is 1.16. The van der Waals surface area contributed by atoms with Crippen molar-refractivity contribution < 1.29 is 9.90 Å². The van der Waals surface area contributed by atoms with Crippen molar-refractivity contribution in [1.29, 1.82) is 0 Å². The van der Waals surface area contributed by atoms with Gasteiger partial charge in [0.1, 0.15) is 0 Å². The molecule has 1 aromatic rings. The summed E-state index contributed by atoms with van der Waals surface area (Å²) in [4.78, 5) is 11.2. The topological polar surface area (TPSA) is 49.3 Å². The number of hydrogen-bond donors (Lipinski definition) is 2. The molecule has 0 saturated heterocycles. The van der Waals surface area contributed by atoms with E-state index in [1.54, 1.807) is 0 Å². The number of rotatable bonds is 1. The number of carbonyl (C=O) groups is 1. The van der Waals surface area contributed by atoms with E-state index < -0.39 is 5.60 Å². The average molecular weight is 189 g/mol. The molecule has 1 aromatic carbocycles. The second kappa shape index (κ2) is 2.36. The van der Waals surface area contributed by atoms with Crippen LogP contribution in [0.15, 0.2) is 18.2 Å². The number of hydrogen-bond acceptors (Lipinski definition) is 2. The Bertz CT molecular complexity index is 421. The SMILES string of the molecule is O=C1Cc2cccc(C3(O)CC3)c2N1. The van der Waals surface area contributed by atoms with Crippen LogP contribution in [0.1, 0.15) is 24.0 Å². The maximum Gasteiger partial charge on any atom is 0.228 e. The monoisotopic (exact) mass is 189 g/mol. The van der Waals surface area contributed by atoms with Gasteiger partial charge in [-0.25, -0.2) is 0 Å². The standard InChI is InChI=1S/C11H11NO2/c13-9-6-7-2-1-3-8(10(7)12-9)11(14)4-5-11/h1-3,14H,4-6H2,(H,12,13). The van der Waals surface area contributed by atoms with Gasteiger partial charge in [0, 0.05) is 5.56 Å². The lowest BCUT2D eigenvalue weighted by Gasteiger charge is -2.12. The van der Waals surface area contributed by atoms with Crippen molar-refractivity contribution in [1.82, 2.24) is 0 Å². The zero-order chi connectivity index (χ0) is 9.76. The number of nitrogens with one attached hydrogen (secondary N) is 1. The van der Waals surface area contributed by atoms with Crippen molar-refractivity contribution in [2.75, 3.05) is 5.32 Å². The number of aliphatic hydroxyl groups is 1. The summed E-state index contributed by atoms with van der Waals surface area (Å²) in [6, 6.07) is 5.74. The molecule has 0 aromatic heterocycles. The first-order valence-corrected chi connectivity index (χ1v) is 4.84. The number of para-hydroxylation sites is 1. The molecule has 1 heterocycles. The van der Waals surface area contributed by atoms with E-state index in [0.717, 1.165) is 29.7 Å². The van der Waals surface area contributed by atoms with Gasteiger partial charge < -0.3 is 10.4 Å². The predicted molar refractivity (Wildman–Crippen MR) is 51.9 cm³/mol. The summed E-state index contributed by atoms with van der Waals surface area (Å²) in [5.74, 6) is 0.0247. The van der Waals surface area contributed by atoms with Gasteiger partial charge in [-0.1, -0.05) is 18.2 Å². The van der Waals surface area contributed by atoms with E-state index in [9.17, 15) is 9.90 Å². The highest BCUT2D eigenvalue weighted by Crippen LogP contribution is 2.49. The summed E-state index contributed by atoms with van der Waals surface area (Å²) < 4.78 is 0. The summed E-state index contributed by atoms with van der Waals surface area (Å²) in [6.45, 7) is 0. The summed E-state index contributed by atoms with van der Waals surface area (Å²) in [7, 11) is 0. The van der Waals surface area contributed by atoms with Crippen LogP contribution in [0.2, 0.25) is 0 Å². The highest BCUT2D eigenvalue weighted by molar-refractivity contribution is 6.00. The summed E-state index contributed by atoms with van der Waals surface area (Å²) >= 11 is 0. The van der Waals surface area contributed by atoms with Gasteiger partial charge in [0.2, 0.25) is 5.91 Å². The number of carbonyl (C=O) groups excluding carboxylic acids is 1. The minimum atomic E-state index is -0.664. The van der Waals surface area contributed by atoms with E-state index in [4.69, 9.17) is 0 Å². The van der Waals surface area contributed by atoms with Crippen molar-refractivity contribution in [2.45, 2.75) is 24.9 Å². The molecule has 2 aliphatic rings. The molecule has 72 valence electrons. The van der Waals surface area contributed by atoms with Crippen LogP contribution in [0.25, 0.3) is 0 Å². The van der Waals surface area contributed by atoms with E-state index in [1.807, 2.05) is 18.2 Å². The Hall–Kier alpha value is -1.35. The highest BCUT2D eigenvalue weighted by atomic mass is 16.3. The minimum absolute atomic E-state index is 0.0247. The fourth-order valence-corrected chi connectivity index (χ4v) is 2.03. The van der Waals surface area contributed by atoms with E-state index in [2.05, 4.69) is 5.32 Å². The maximum absolute atomic E-state index is 11.2. The molecule has 3 rings (SSSR count). The number of fused-ring (bicyclic) bond motifs is 1. The van der Waals surface area contributed by atoms with Gasteiger partial charge in [0.05, 0.1) is 17.7 Å². The van der Waals surface area contributed by atoms with Crippen LogP contribution in [0.4, 0.5) is 5.69 Å². The lowest BCUT2D eigenvalue weighted by molar-refractivity contribution is -0.115. The second-order valence-corrected chi connectivity index (χ2v) is 4.10. The molecule has 0 spiro atoms. The van der Waals surface area contributed by atoms with Crippen LogP contribution in [0.5, 0.6) is 0 Å². The third kappa shape index (κ3) is 0.990. The van der Waals surface area contributed by atoms with Crippen molar-refractivity contribution in [3.8, 4) is 0 Å². The molecule has 1 fully saturated rings. The van der Waals surface area contributed by atoms with Gasteiger partial charge in [-0.3, -0.25) is 4.79 Å². The fraction of sp³-hybridized carbons (Fsp3) is 0.364. The zero-order valence-electron chi connectivity index (χ0n) is 7.71. The summed E-state index contributed by atoms with van der Waals surface area (Å²) in [6.07, 6.45) is 2.05. The van der Waals surface area contributed by atoms with E-state index in [1.165, 1.54) is 0 Å². The molecule has 3 heteroatoms. The molecule has 1 saturated carbocycles. The third-order valence-electron chi connectivity index (χ3n) is 2.99. The molecule has 0 atom stereocenters. The third-order valence-corrected chi connectivity index (χ3v) is 2.99. The van der Waals surface area contributed by atoms with Crippen LogP contribution in [-0.2, 0) is 16.8 Å². The molecule has 1 aliphatic carbocycles. The zero-order valence-corrected chi connectivity index (χ0v) is 7.71.